The van der Waals surface area contributed by atoms with Crippen molar-refractivity contribution in [3.63, 3.8) is 0 Å². The van der Waals surface area contributed by atoms with Crippen molar-refractivity contribution in [3.8, 4) is 0 Å². The fraction of sp³-hybridized carbons (Fsp3) is 0.391. The molecule has 1 aromatic heterocycles. The number of nitrogens with one attached hydrogen (secondary N) is 3. The van der Waals surface area contributed by atoms with Crippen molar-refractivity contribution >= 4 is 51.3 Å². The number of anilines is 1. The van der Waals surface area contributed by atoms with E-state index in [1.54, 1.807) is 38.1 Å². The van der Waals surface area contributed by atoms with Gasteiger partial charge in [-0.05, 0) is 43.7 Å². The number of aromatic amines is 1. The topological polar surface area (TPSA) is 138 Å². The van der Waals surface area contributed by atoms with Crippen LogP contribution in [0.1, 0.15) is 32.9 Å². The highest BCUT2D eigenvalue weighted by Crippen LogP contribution is 2.40. The standard InChI is InChI=1S/C23H29ClN4O5S/c1-13-20(10-18-17-9-15(24)3-4-19(17)27-22(18)30)26-14(2)21(13)23(31)25-11-16(29)12-28-5-7-34(32,33)8-6-28/h3-4,9-10,16,26,29,32-33H,5-8,11-12H2,1-2H3,(H,25,31)(H,27,30). The first-order valence-corrected chi connectivity index (χ1v) is 13.2. The molecule has 1 aromatic carbocycles. The number of aliphatic hydroxyl groups excluding tert-OH is 1. The molecule has 2 aromatic rings. The molecule has 9 nitrogen and oxygen atoms in total. The second-order valence-corrected chi connectivity index (χ2v) is 11.6. The normalized spacial score (nSPS) is 20.6. The van der Waals surface area contributed by atoms with Crippen molar-refractivity contribution in [1.29, 1.82) is 0 Å². The number of rotatable bonds is 6. The Morgan fingerprint density at radius 2 is 2.00 bits per heavy atom. The van der Waals surface area contributed by atoms with Gasteiger partial charge in [0.1, 0.15) is 0 Å². The molecule has 0 aliphatic carbocycles. The minimum atomic E-state index is -2.48. The molecule has 2 amide bonds. The van der Waals surface area contributed by atoms with E-state index in [0.717, 1.165) is 0 Å². The number of aromatic nitrogens is 1. The minimum absolute atomic E-state index is 0.0698. The summed E-state index contributed by atoms with van der Waals surface area (Å²) in [7, 11) is -2.48. The van der Waals surface area contributed by atoms with Crippen molar-refractivity contribution in [2.75, 3.05) is 43.0 Å². The number of amides is 2. The number of fused-ring (bicyclic) bond motifs is 1. The van der Waals surface area contributed by atoms with Crippen LogP contribution in [0.2, 0.25) is 5.02 Å². The number of aliphatic hydroxyl groups is 1. The highest BCUT2D eigenvalue weighted by atomic mass is 35.5. The van der Waals surface area contributed by atoms with Gasteiger partial charge >= 0.3 is 0 Å². The molecule has 2 aliphatic rings. The lowest BCUT2D eigenvalue weighted by Gasteiger charge is -2.41. The molecule has 6 N–H and O–H groups in total. The molecular weight excluding hydrogens is 480 g/mol. The predicted octanol–water partition coefficient (Wildman–Crippen LogP) is 2.93. The van der Waals surface area contributed by atoms with E-state index in [-0.39, 0.29) is 18.4 Å². The van der Waals surface area contributed by atoms with Crippen LogP contribution in [0.3, 0.4) is 0 Å². The summed E-state index contributed by atoms with van der Waals surface area (Å²) < 4.78 is 19.4. The molecule has 1 fully saturated rings. The number of hydrogen-bond acceptors (Lipinski definition) is 6. The zero-order chi connectivity index (χ0) is 24.6. The number of H-pyrrole nitrogens is 1. The Morgan fingerprint density at radius 1 is 1.29 bits per heavy atom. The van der Waals surface area contributed by atoms with Gasteiger partial charge in [-0.15, -0.1) is 0 Å². The molecule has 1 saturated heterocycles. The lowest BCUT2D eigenvalue weighted by atomic mass is 10.0. The molecule has 1 unspecified atom stereocenters. The number of hydrogen-bond donors (Lipinski definition) is 6. The van der Waals surface area contributed by atoms with Gasteiger partial charge in [-0.3, -0.25) is 23.6 Å². The molecule has 2 aliphatic heterocycles. The van der Waals surface area contributed by atoms with Gasteiger partial charge in [0.05, 0.1) is 28.7 Å². The molecule has 0 bridgehead atoms. The van der Waals surface area contributed by atoms with Crippen LogP contribution >= 0.6 is 22.2 Å². The van der Waals surface area contributed by atoms with E-state index in [1.165, 1.54) is 0 Å². The first kappa shape index (κ1) is 24.8. The van der Waals surface area contributed by atoms with Crippen molar-refractivity contribution in [2.24, 2.45) is 0 Å². The number of benzene rings is 1. The summed E-state index contributed by atoms with van der Waals surface area (Å²) in [5.41, 5.74) is 4.32. The maximum Gasteiger partial charge on any atom is 0.256 e. The lowest BCUT2D eigenvalue weighted by molar-refractivity contribution is -0.110. The third-order valence-corrected chi connectivity index (χ3v) is 8.10. The summed E-state index contributed by atoms with van der Waals surface area (Å²) in [6, 6.07) is 5.19. The average Bonchev–Trinajstić information content (AvgIpc) is 3.23. The van der Waals surface area contributed by atoms with Gasteiger partial charge in [0.25, 0.3) is 11.8 Å². The summed E-state index contributed by atoms with van der Waals surface area (Å²) in [4.78, 5) is 30.5. The third-order valence-electron chi connectivity index (χ3n) is 6.19. The molecule has 1 atom stereocenters. The van der Waals surface area contributed by atoms with Crippen molar-refractivity contribution in [1.82, 2.24) is 15.2 Å². The fourth-order valence-corrected chi connectivity index (χ4v) is 5.79. The van der Waals surface area contributed by atoms with Crippen LogP contribution in [0.5, 0.6) is 0 Å². The van der Waals surface area contributed by atoms with E-state index in [0.29, 0.717) is 75.5 Å². The van der Waals surface area contributed by atoms with Gasteiger partial charge in [-0.25, -0.2) is 0 Å². The van der Waals surface area contributed by atoms with E-state index in [9.17, 15) is 23.8 Å². The van der Waals surface area contributed by atoms with Gasteiger partial charge in [-0.1, -0.05) is 11.6 Å². The average molecular weight is 509 g/mol. The molecule has 0 radical (unpaired) electrons. The van der Waals surface area contributed by atoms with Gasteiger partial charge < -0.3 is 20.7 Å². The second kappa shape index (κ2) is 9.73. The molecule has 3 heterocycles. The molecular formula is C23H29ClN4O5S. The molecule has 184 valence electrons. The number of aryl methyl sites for hydroxylation is 1. The largest absolute Gasteiger partial charge is 0.390 e. The molecule has 0 saturated carbocycles. The number of nitrogens with zero attached hydrogens (tertiary/aromatic N) is 1. The molecule has 34 heavy (non-hydrogen) atoms. The number of β-amino-alcohol motifs (C(OH)–C–C–N with tert-alkyl or cyclic N) is 1. The van der Waals surface area contributed by atoms with Crippen LogP contribution < -0.4 is 10.6 Å². The number of carbonyl (C=O) groups excluding carboxylic acids is 2. The SMILES string of the molecule is Cc1[nH]c(C=C2C(=O)Nc3ccc(Cl)cc32)c(C)c1C(=O)NCC(O)CN1CCS(O)(O)CC1. The molecule has 4 rings (SSSR count). The maximum atomic E-state index is 12.9. The zero-order valence-corrected chi connectivity index (χ0v) is 20.6. The van der Waals surface area contributed by atoms with Crippen molar-refractivity contribution < 1.29 is 23.8 Å². The van der Waals surface area contributed by atoms with E-state index in [2.05, 4.69) is 15.6 Å². The van der Waals surface area contributed by atoms with Crippen LogP contribution in [0, 0.1) is 13.8 Å². The number of carbonyl (C=O) groups is 2. The smallest absolute Gasteiger partial charge is 0.256 e. The van der Waals surface area contributed by atoms with E-state index >= 15 is 0 Å². The lowest BCUT2D eigenvalue weighted by Crippen LogP contribution is -2.45. The molecule has 11 heteroatoms. The van der Waals surface area contributed by atoms with Gasteiger partial charge in [0, 0.05) is 53.8 Å². The summed E-state index contributed by atoms with van der Waals surface area (Å²) in [5.74, 6) is 0.0563. The predicted molar refractivity (Wildman–Crippen MR) is 136 cm³/mol. The Morgan fingerprint density at radius 3 is 2.71 bits per heavy atom. The summed E-state index contributed by atoms with van der Waals surface area (Å²) in [5, 5.41) is 16.5. The quantitative estimate of drug-likeness (QED) is 0.332. The Bertz CT molecular complexity index is 1150. The summed E-state index contributed by atoms with van der Waals surface area (Å²) in [6.45, 7) is 5.01. The zero-order valence-electron chi connectivity index (χ0n) is 19.0. The van der Waals surface area contributed by atoms with Crippen LogP contribution in [0.25, 0.3) is 11.6 Å². The van der Waals surface area contributed by atoms with Crippen molar-refractivity contribution in [3.05, 3.63) is 51.3 Å². The van der Waals surface area contributed by atoms with Crippen molar-refractivity contribution in [2.45, 2.75) is 20.0 Å². The Kier molecular flexibility index (Phi) is 7.09. The van der Waals surface area contributed by atoms with E-state index < -0.39 is 16.7 Å². The second-order valence-electron chi connectivity index (χ2n) is 8.74. The highest BCUT2D eigenvalue weighted by Gasteiger charge is 2.27. The van der Waals surface area contributed by atoms with Crippen LogP contribution in [-0.4, -0.2) is 79.7 Å². The monoisotopic (exact) mass is 508 g/mol. The van der Waals surface area contributed by atoms with Gasteiger partial charge in [-0.2, -0.15) is 10.6 Å². The Balaban J connectivity index is 1.43. The van der Waals surface area contributed by atoms with Gasteiger partial charge in [0.15, 0.2) is 0 Å². The van der Waals surface area contributed by atoms with Crippen LogP contribution in [-0.2, 0) is 4.79 Å². The number of halogens is 1. The Hall–Kier alpha value is -2.34. The Labute approximate surface area is 204 Å². The van der Waals surface area contributed by atoms with E-state index in [4.69, 9.17) is 11.6 Å². The maximum absolute atomic E-state index is 12.9. The van der Waals surface area contributed by atoms with Gasteiger partial charge in [0.2, 0.25) is 0 Å². The van der Waals surface area contributed by atoms with E-state index in [1.807, 2.05) is 4.90 Å². The third kappa shape index (κ3) is 5.32. The first-order valence-electron chi connectivity index (χ1n) is 11.0. The first-order chi connectivity index (χ1) is 16.0. The summed E-state index contributed by atoms with van der Waals surface area (Å²) >= 11 is 6.10. The fourth-order valence-electron chi connectivity index (χ4n) is 4.32. The molecule has 0 spiro atoms. The highest BCUT2D eigenvalue weighted by molar-refractivity contribution is 8.24. The summed E-state index contributed by atoms with van der Waals surface area (Å²) in [6.07, 6.45) is 0.931. The van der Waals surface area contributed by atoms with Crippen LogP contribution in [0.4, 0.5) is 5.69 Å². The van der Waals surface area contributed by atoms with Crippen LogP contribution in [0.15, 0.2) is 18.2 Å². The minimum Gasteiger partial charge on any atom is -0.390 e.